The fraction of sp³-hybridized carbons (Fsp3) is 0.353. The number of imide groups is 1. The number of nitrogens with zero attached hydrogens (tertiary/aromatic N) is 2. The van der Waals surface area contributed by atoms with Crippen molar-refractivity contribution in [3.63, 3.8) is 0 Å². The van der Waals surface area contributed by atoms with Gasteiger partial charge in [0, 0.05) is 13.0 Å². The first-order valence-electron chi connectivity index (χ1n) is 8.27. The molecule has 0 spiro atoms. The van der Waals surface area contributed by atoms with Gasteiger partial charge in [-0.05, 0) is 19.1 Å². The number of H-pyrrole nitrogens is 1. The highest BCUT2D eigenvalue weighted by Crippen LogP contribution is 2.12. The van der Waals surface area contributed by atoms with Gasteiger partial charge >= 0.3 is 0 Å². The Balaban J connectivity index is 1.79. The molecule has 9 heteroatoms. The van der Waals surface area contributed by atoms with E-state index in [-0.39, 0.29) is 42.6 Å². The largest absolute Gasteiger partial charge is 0.330 e. The van der Waals surface area contributed by atoms with Crippen LogP contribution < -0.4 is 16.4 Å². The van der Waals surface area contributed by atoms with Gasteiger partial charge in [0.25, 0.3) is 11.1 Å². The van der Waals surface area contributed by atoms with Crippen molar-refractivity contribution >= 4 is 28.5 Å². The summed E-state index contributed by atoms with van der Waals surface area (Å²) in [6, 6.07) is 5.61. The average Bonchev–Trinajstić information content (AvgIpc) is 2.95. The molecular formula is C17H18N4O5. The van der Waals surface area contributed by atoms with Crippen LogP contribution in [-0.2, 0) is 20.9 Å². The second kappa shape index (κ2) is 6.95. The van der Waals surface area contributed by atoms with Crippen LogP contribution >= 0.6 is 0 Å². The summed E-state index contributed by atoms with van der Waals surface area (Å²) in [4.78, 5) is 61.4. The first-order chi connectivity index (χ1) is 12.4. The molecule has 26 heavy (non-hydrogen) atoms. The number of rotatable bonds is 5. The molecule has 0 radical (unpaired) electrons. The number of aromatic nitrogens is 2. The number of hydrogen-bond acceptors (Lipinski definition) is 5. The van der Waals surface area contributed by atoms with E-state index in [1.807, 2.05) is 0 Å². The van der Waals surface area contributed by atoms with Crippen molar-refractivity contribution in [2.24, 2.45) is 0 Å². The highest BCUT2D eigenvalue weighted by Gasteiger charge is 2.36. The van der Waals surface area contributed by atoms with E-state index in [1.54, 1.807) is 31.2 Å². The minimum Gasteiger partial charge on any atom is -0.330 e. The van der Waals surface area contributed by atoms with Gasteiger partial charge in [0.15, 0.2) is 0 Å². The molecule has 1 fully saturated rings. The van der Waals surface area contributed by atoms with E-state index < -0.39 is 29.0 Å². The molecule has 2 N–H and O–H groups in total. The Morgan fingerprint density at radius 2 is 1.88 bits per heavy atom. The summed E-state index contributed by atoms with van der Waals surface area (Å²) in [5.41, 5.74) is -0.814. The molecule has 3 rings (SSSR count). The maximum Gasteiger partial charge on any atom is 0.273 e. The van der Waals surface area contributed by atoms with Crippen LogP contribution in [0, 0.1) is 0 Å². The third kappa shape index (κ3) is 3.15. The van der Waals surface area contributed by atoms with Crippen LogP contribution in [0.3, 0.4) is 0 Å². The lowest BCUT2D eigenvalue weighted by molar-refractivity contribution is -0.138. The molecular weight excluding hydrogens is 340 g/mol. The Labute approximate surface area is 147 Å². The van der Waals surface area contributed by atoms with Gasteiger partial charge in [-0.3, -0.25) is 34.4 Å². The lowest BCUT2D eigenvalue weighted by Crippen LogP contribution is -2.45. The Morgan fingerprint density at radius 3 is 2.50 bits per heavy atom. The first-order valence-corrected chi connectivity index (χ1v) is 8.27. The lowest BCUT2D eigenvalue weighted by Gasteiger charge is -2.25. The molecule has 1 unspecified atom stereocenters. The van der Waals surface area contributed by atoms with Crippen LogP contribution in [0.1, 0.15) is 19.8 Å². The maximum atomic E-state index is 12.5. The van der Waals surface area contributed by atoms with Crippen LogP contribution in [0.2, 0.25) is 0 Å². The molecule has 3 amide bonds. The average molecular weight is 358 g/mol. The van der Waals surface area contributed by atoms with Crippen LogP contribution in [0.25, 0.3) is 10.8 Å². The number of benzene rings is 1. The molecule has 0 aliphatic carbocycles. The summed E-state index contributed by atoms with van der Waals surface area (Å²) in [6.45, 7) is 1.93. The van der Waals surface area contributed by atoms with Crippen molar-refractivity contribution < 1.29 is 14.4 Å². The lowest BCUT2D eigenvalue weighted by atomic mass is 10.2. The number of carbonyl (C=O) groups is 3. The number of aromatic amines is 1. The van der Waals surface area contributed by atoms with Crippen molar-refractivity contribution in [2.45, 2.75) is 32.4 Å². The summed E-state index contributed by atoms with van der Waals surface area (Å²) in [6.07, 6.45) is -0.148. The molecule has 1 atom stereocenters. The highest BCUT2D eigenvalue weighted by atomic mass is 16.2. The normalized spacial score (nSPS) is 16.7. The Morgan fingerprint density at radius 1 is 1.19 bits per heavy atom. The van der Waals surface area contributed by atoms with Gasteiger partial charge < -0.3 is 4.90 Å². The molecule has 0 saturated carbocycles. The summed E-state index contributed by atoms with van der Waals surface area (Å²) < 4.78 is 1.09. The molecule has 1 aliphatic heterocycles. The Hall–Kier alpha value is -3.23. The third-order valence-corrected chi connectivity index (χ3v) is 4.41. The van der Waals surface area contributed by atoms with E-state index >= 15 is 0 Å². The number of nitrogens with one attached hydrogen (secondary N) is 2. The molecule has 2 heterocycles. The molecule has 1 saturated heterocycles. The molecule has 0 bridgehead atoms. The number of amides is 3. The molecule has 1 aromatic carbocycles. The molecule has 1 aromatic heterocycles. The van der Waals surface area contributed by atoms with E-state index in [9.17, 15) is 24.0 Å². The van der Waals surface area contributed by atoms with Gasteiger partial charge in [-0.25, -0.2) is 4.68 Å². The van der Waals surface area contributed by atoms with Crippen LogP contribution in [-0.4, -0.2) is 45.0 Å². The van der Waals surface area contributed by atoms with E-state index in [0.29, 0.717) is 0 Å². The Bertz CT molecular complexity index is 1010. The first kappa shape index (κ1) is 17.6. The highest BCUT2D eigenvalue weighted by molar-refractivity contribution is 6.06. The van der Waals surface area contributed by atoms with E-state index in [2.05, 4.69) is 10.4 Å². The number of hydrogen-bond donors (Lipinski definition) is 2. The summed E-state index contributed by atoms with van der Waals surface area (Å²) >= 11 is 0. The molecule has 9 nitrogen and oxygen atoms in total. The van der Waals surface area contributed by atoms with E-state index in [4.69, 9.17) is 0 Å². The number of carbonyl (C=O) groups excluding carboxylic acids is 3. The van der Waals surface area contributed by atoms with Crippen LogP contribution in [0.5, 0.6) is 0 Å². The van der Waals surface area contributed by atoms with Gasteiger partial charge in [0.1, 0.15) is 6.04 Å². The summed E-state index contributed by atoms with van der Waals surface area (Å²) in [7, 11) is 0. The molecule has 2 aromatic rings. The van der Waals surface area contributed by atoms with Crippen molar-refractivity contribution in [3.05, 3.63) is 45.0 Å². The van der Waals surface area contributed by atoms with Gasteiger partial charge in [-0.2, -0.15) is 0 Å². The quantitative estimate of drug-likeness (QED) is 0.688. The molecule has 136 valence electrons. The minimum atomic E-state index is -0.827. The van der Waals surface area contributed by atoms with Crippen molar-refractivity contribution in [2.75, 3.05) is 6.54 Å². The van der Waals surface area contributed by atoms with Gasteiger partial charge in [0.05, 0.1) is 23.7 Å². The number of fused-ring (bicyclic) bond motifs is 1. The smallest absolute Gasteiger partial charge is 0.273 e. The zero-order valence-electron chi connectivity index (χ0n) is 14.2. The summed E-state index contributed by atoms with van der Waals surface area (Å²) in [5, 5.41) is 5.20. The van der Waals surface area contributed by atoms with Gasteiger partial charge in [0.2, 0.25) is 17.7 Å². The van der Waals surface area contributed by atoms with Crippen molar-refractivity contribution in [1.82, 2.24) is 20.0 Å². The van der Waals surface area contributed by atoms with Crippen LogP contribution in [0.15, 0.2) is 33.9 Å². The van der Waals surface area contributed by atoms with E-state index in [0.717, 1.165) is 4.68 Å². The predicted molar refractivity (Wildman–Crippen MR) is 92.4 cm³/mol. The zero-order chi connectivity index (χ0) is 18.8. The van der Waals surface area contributed by atoms with Gasteiger partial charge in [-0.15, -0.1) is 0 Å². The summed E-state index contributed by atoms with van der Waals surface area (Å²) in [5.74, 6) is -1.29. The Kier molecular flexibility index (Phi) is 4.70. The van der Waals surface area contributed by atoms with Gasteiger partial charge in [-0.1, -0.05) is 12.1 Å². The maximum absolute atomic E-state index is 12.5. The minimum absolute atomic E-state index is 0.0312. The second-order valence-electron chi connectivity index (χ2n) is 6.01. The molecule has 1 aliphatic rings. The predicted octanol–water partition coefficient (Wildman–Crippen LogP) is -0.656. The number of aryl methyl sites for hydroxylation is 1. The third-order valence-electron chi connectivity index (χ3n) is 4.41. The zero-order valence-corrected chi connectivity index (χ0v) is 14.2. The van der Waals surface area contributed by atoms with Crippen molar-refractivity contribution in [3.8, 4) is 0 Å². The van der Waals surface area contributed by atoms with Crippen molar-refractivity contribution in [1.29, 1.82) is 0 Å². The SMILES string of the molecule is CCN(C(=O)CCn1[nH]c(=O)c2ccccc2c1=O)C1CC(=O)NC1=O. The standard InChI is InChI=1S/C17H18N4O5/c1-2-20(12-9-13(22)18-16(12)25)14(23)7-8-21-17(26)11-6-4-3-5-10(11)15(24)19-21/h3-6,12H,2,7-9H2,1H3,(H,19,24)(H,18,22,25). The van der Waals surface area contributed by atoms with Crippen LogP contribution in [0.4, 0.5) is 0 Å². The fourth-order valence-electron chi connectivity index (χ4n) is 3.12. The monoisotopic (exact) mass is 358 g/mol. The van der Waals surface area contributed by atoms with E-state index in [1.165, 1.54) is 4.90 Å². The topological polar surface area (TPSA) is 121 Å². The fourth-order valence-corrected chi connectivity index (χ4v) is 3.12. The number of likely N-dealkylation sites (N-methyl/N-ethyl adjacent to an activating group) is 1. The second-order valence-corrected chi connectivity index (χ2v) is 6.01.